The second kappa shape index (κ2) is 15.4. The lowest BCUT2D eigenvalue weighted by Gasteiger charge is -2.57. The predicted molar refractivity (Wildman–Crippen MR) is 137 cm³/mol. The minimum Gasteiger partial charge on any atom is -0.544 e. The van der Waals surface area contributed by atoms with Gasteiger partial charge in [-0.1, -0.05) is 122 Å². The van der Waals surface area contributed by atoms with Crippen molar-refractivity contribution in [3.05, 3.63) is 0 Å². The lowest BCUT2D eigenvalue weighted by atomic mass is 9.58. The third-order valence-corrected chi connectivity index (χ3v) is 8.84. The summed E-state index contributed by atoms with van der Waals surface area (Å²) in [5.41, 5.74) is -0.928. The minimum absolute atomic E-state index is 0.112. The van der Waals surface area contributed by atoms with E-state index in [4.69, 9.17) is 0 Å². The van der Waals surface area contributed by atoms with E-state index >= 15 is 0 Å². The highest BCUT2D eigenvalue weighted by atomic mass is 16.4. The van der Waals surface area contributed by atoms with Crippen molar-refractivity contribution < 1.29 is 14.4 Å². The number of aliphatic carboxylic acids is 1. The van der Waals surface area contributed by atoms with E-state index in [-0.39, 0.29) is 5.41 Å². The monoisotopic (exact) mass is 451 g/mol. The van der Waals surface area contributed by atoms with E-state index in [9.17, 15) is 9.90 Å². The van der Waals surface area contributed by atoms with Gasteiger partial charge in [-0.15, -0.1) is 0 Å². The molecule has 3 nitrogen and oxygen atoms in total. The first-order valence-electron chi connectivity index (χ1n) is 14.2. The van der Waals surface area contributed by atoms with Crippen LogP contribution < -0.4 is 5.11 Å². The Kier molecular flexibility index (Phi) is 14.1. The molecule has 0 bridgehead atoms. The summed E-state index contributed by atoms with van der Waals surface area (Å²) in [5.74, 6) is -0.854. The van der Waals surface area contributed by atoms with Crippen LogP contribution in [0.3, 0.4) is 0 Å². The van der Waals surface area contributed by atoms with Gasteiger partial charge in [0.1, 0.15) is 11.5 Å². The number of hydrogen-bond acceptors (Lipinski definition) is 2. The molecule has 3 heteroatoms. The quantitative estimate of drug-likeness (QED) is 0.151. The first-order chi connectivity index (χ1) is 15.2. The molecule has 1 saturated carbocycles. The molecular formula is C29H57NO2. The van der Waals surface area contributed by atoms with Crippen LogP contribution in [0.4, 0.5) is 0 Å². The van der Waals surface area contributed by atoms with E-state index in [1.165, 1.54) is 116 Å². The molecule has 1 atom stereocenters. The van der Waals surface area contributed by atoms with E-state index in [0.717, 1.165) is 19.3 Å². The highest BCUT2D eigenvalue weighted by Gasteiger charge is 2.57. The van der Waals surface area contributed by atoms with Crippen LogP contribution in [0, 0.1) is 5.41 Å². The molecule has 0 N–H and O–H groups in total. The summed E-state index contributed by atoms with van der Waals surface area (Å²) in [4.78, 5) is 12.4. The molecule has 1 aliphatic carbocycles. The first kappa shape index (κ1) is 29.5. The molecular weight excluding hydrogens is 394 g/mol. The van der Waals surface area contributed by atoms with Crippen LogP contribution in [0.25, 0.3) is 0 Å². The Morgan fingerprint density at radius 3 is 1.44 bits per heavy atom. The van der Waals surface area contributed by atoms with Crippen molar-refractivity contribution in [3.8, 4) is 0 Å². The van der Waals surface area contributed by atoms with Crippen molar-refractivity contribution in [2.45, 2.75) is 154 Å². The fraction of sp³-hybridized carbons (Fsp3) is 0.966. The van der Waals surface area contributed by atoms with E-state index in [1.54, 1.807) is 0 Å². The fourth-order valence-electron chi connectivity index (χ4n) is 6.25. The number of unbranched alkanes of at least 4 members (excludes halogenated alkanes) is 14. The molecule has 1 aliphatic rings. The van der Waals surface area contributed by atoms with Gasteiger partial charge in [-0.25, -0.2) is 0 Å². The maximum atomic E-state index is 12.4. The molecule has 0 aromatic heterocycles. The molecule has 0 heterocycles. The Hall–Kier alpha value is -0.570. The fourth-order valence-corrected chi connectivity index (χ4v) is 6.25. The number of carboxylic acid groups (broad SMARTS) is 1. The molecule has 0 saturated heterocycles. The Morgan fingerprint density at radius 2 is 1.09 bits per heavy atom. The van der Waals surface area contributed by atoms with Gasteiger partial charge in [-0.05, 0) is 26.2 Å². The molecule has 190 valence electrons. The van der Waals surface area contributed by atoms with Gasteiger partial charge in [0.2, 0.25) is 0 Å². The summed E-state index contributed by atoms with van der Waals surface area (Å²) < 4.78 is 0.452. The number of likely N-dealkylation sites (N-methyl/N-ethyl adjacent to an activating group) is 1. The molecule has 1 unspecified atom stereocenters. The summed E-state index contributed by atoms with van der Waals surface area (Å²) in [5, 5.41) is 12.4. The molecule has 1 fully saturated rings. The molecule has 0 aromatic carbocycles. The van der Waals surface area contributed by atoms with Gasteiger partial charge >= 0.3 is 0 Å². The minimum atomic E-state index is -0.854. The topological polar surface area (TPSA) is 40.1 Å². The van der Waals surface area contributed by atoms with E-state index < -0.39 is 11.5 Å². The summed E-state index contributed by atoms with van der Waals surface area (Å²) in [6.07, 6.45) is 27.3. The molecule has 0 amide bonds. The first-order valence-corrected chi connectivity index (χ1v) is 14.2. The van der Waals surface area contributed by atoms with Crippen molar-refractivity contribution in [1.82, 2.24) is 0 Å². The van der Waals surface area contributed by atoms with Crippen LogP contribution in [-0.2, 0) is 4.79 Å². The predicted octanol–water partition coefficient (Wildman–Crippen LogP) is 7.41. The van der Waals surface area contributed by atoms with Crippen LogP contribution in [-0.4, -0.2) is 37.1 Å². The molecule has 1 rings (SSSR count). The lowest BCUT2D eigenvalue weighted by molar-refractivity contribution is -0.923. The molecule has 0 radical (unpaired) electrons. The average Bonchev–Trinajstić information content (AvgIpc) is 2.75. The Balaban J connectivity index is 2.24. The average molecular weight is 452 g/mol. The zero-order valence-electron chi connectivity index (χ0n) is 22.6. The molecule has 0 aliphatic heterocycles. The normalized spacial score (nSPS) is 18.4. The van der Waals surface area contributed by atoms with Gasteiger partial charge < -0.3 is 14.4 Å². The third-order valence-electron chi connectivity index (χ3n) is 8.84. The highest BCUT2D eigenvalue weighted by molar-refractivity contribution is 5.76. The number of carboxylic acids is 1. The number of hydrogen-bond donors (Lipinski definition) is 0. The van der Waals surface area contributed by atoms with Gasteiger partial charge in [-0.2, -0.15) is 0 Å². The Bertz CT molecular complexity index is 490. The number of carbonyl (C=O) groups is 1. The highest BCUT2D eigenvalue weighted by Crippen LogP contribution is 2.52. The van der Waals surface area contributed by atoms with Crippen molar-refractivity contribution >= 4 is 5.97 Å². The number of rotatable bonds is 19. The van der Waals surface area contributed by atoms with Crippen LogP contribution in [0.5, 0.6) is 0 Å². The zero-order chi connectivity index (χ0) is 23.9. The molecule has 32 heavy (non-hydrogen) atoms. The van der Waals surface area contributed by atoms with Crippen molar-refractivity contribution in [2.24, 2.45) is 5.41 Å². The lowest BCUT2D eigenvalue weighted by Crippen LogP contribution is -2.72. The maximum absolute atomic E-state index is 12.4. The third kappa shape index (κ3) is 8.99. The van der Waals surface area contributed by atoms with Crippen LogP contribution in [0.15, 0.2) is 0 Å². The van der Waals surface area contributed by atoms with Crippen molar-refractivity contribution in [3.63, 3.8) is 0 Å². The van der Waals surface area contributed by atoms with E-state index in [1.807, 2.05) is 28.1 Å². The largest absolute Gasteiger partial charge is 0.544 e. The van der Waals surface area contributed by atoms with Gasteiger partial charge in [0.25, 0.3) is 0 Å². The maximum Gasteiger partial charge on any atom is 0.141 e. The number of quaternary nitrogens is 1. The standard InChI is InChI=1S/C29H57NO2/c1-6-7-8-9-10-11-12-13-14-15-16-17-18-19-21-24-29(25-22-20-23-26-29)28(2,27(31)32)30(3,4)5/h6-26H2,1-5H3. The smallest absolute Gasteiger partial charge is 0.141 e. The second-order valence-electron chi connectivity index (χ2n) is 11.9. The summed E-state index contributed by atoms with van der Waals surface area (Å²) in [6.45, 7) is 4.26. The summed E-state index contributed by atoms with van der Waals surface area (Å²) >= 11 is 0. The van der Waals surface area contributed by atoms with Crippen LogP contribution >= 0.6 is 0 Å². The summed E-state index contributed by atoms with van der Waals surface area (Å²) in [7, 11) is 6.12. The summed E-state index contributed by atoms with van der Waals surface area (Å²) in [6, 6.07) is 0. The molecule has 0 spiro atoms. The zero-order valence-corrected chi connectivity index (χ0v) is 22.6. The van der Waals surface area contributed by atoms with Crippen molar-refractivity contribution in [2.75, 3.05) is 21.1 Å². The van der Waals surface area contributed by atoms with Crippen LogP contribution in [0.2, 0.25) is 0 Å². The Morgan fingerprint density at radius 1 is 0.719 bits per heavy atom. The van der Waals surface area contributed by atoms with Gasteiger partial charge in [-0.3, -0.25) is 0 Å². The van der Waals surface area contributed by atoms with Crippen molar-refractivity contribution in [1.29, 1.82) is 0 Å². The number of nitrogens with zero attached hydrogens (tertiary/aromatic N) is 1. The second-order valence-corrected chi connectivity index (χ2v) is 11.9. The van der Waals surface area contributed by atoms with Gasteiger partial charge in [0.15, 0.2) is 0 Å². The van der Waals surface area contributed by atoms with E-state index in [2.05, 4.69) is 6.92 Å². The van der Waals surface area contributed by atoms with Crippen LogP contribution in [0.1, 0.15) is 149 Å². The van der Waals surface area contributed by atoms with E-state index in [0.29, 0.717) is 4.48 Å². The Labute approximate surface area is 201 Å². The SMILES string of the molecule is CCCCCCCCCCCCCCCCCC1(C(C)(C(=O)[O-])[N+](C)(C)C)CCCCC1. The van der Waals surface area contributed by atoms with Gasteiger partial charge in [0.05, 0.1) is 21.1 Å². The van der Waals surface area contributed by atoms with Gasteiger partial charge in [0, 0.05) is 5.41 Å². The number of carbonyl (C=O) groups excluding carboxylic acids is 1. The molecule has 0 aromatic rings.